The van der Waals surface area contributed by atoms with Gasteiger partial charge in [-0.2, -0.15) is 8.42 Å². The molecule has 1 rings (SSSR count). The molecular formula is C4H3Cl2FN2O2S. The fraction of sp³-hybridized carbons (Fsp3) is 0.250. The molecule has 0 saturated carbocycles. The summed E-state index contributed by atoms with van der Waals surface area (Å²) in [5.74, 6) is 0. The maximum atomic E-state index is 12.3. The Morgan fingerprint density at radius 3 is 2.17 bits per heavy atom. The van der Waals surface area contributed by atoms with E-state index in [0.29, 0.717) is 0 Å². The van der Waals surface area contributed by atoms with Crippen molar-refractivity contribution in [3.63, 3.8) is 0 Å². The van der Waals surface area contributed by atoms with Crippen LogP contribution in [0, 0.1) is 0 Å². The van der Waals surface area contributed by atoms with Gasteiger partial charge in [-0.15, -0.1) is 0 Å². The lowest BCUT2D eigenvalue weighted by atomic mass is 10.9. The predicted octanol–water partition coefficient (Wildman–Crippen LogP) is 1.39. The van der Waals surface area contributed by atoms with Gasteiger partial charge < -0.3 is 4.57 Å². The zero-order valence-electron chi connectivity index (χ0n) is 5.75. The Labute approximate surface area is 78.1 Å². The van der Waals surface area contributed by atoms with Crippen LogP contribution < -0.4 is 0 Å². The van der Waals surface area contributed by atoms with Gasteiger partial charge in [-0.1, -0.05) is 15.5 Å². The summed E-state index contributed by atoms with van der Waals surface area (Å²) in [5.41, 5.74) is 0. The lowest BCUT2D eigenvalue weighted by Gasteiger charge is -1.91. The van der Waals surface area contributed by atoms with E-state index in [1.807, 2.05) is 0 Å². The summed E-state index contributed by atoms with van der Waals surface area (Å²) in [6, 6.07) is 0. The smallest absolute Gasteiger partial charge is 0.308 e. The normalized spacial score (nSPS) is 12.0. The lowest BCUT2D eigenvalue weighted by Crippen LogP contribution is -1.93. The molecule has 4 nitrogen and oxygen atoms in total. The predicted molar refractivity (Wildman–Crippen MR) is 41.5 cm³/mol. The summed E-state index contributed by atoms with van der Waals surface area (Å²) < 4.78 is 34.0. The number of hydrogen-bond donors (Lipinski definition) is 0. The van der Waals surface area contributed by atoms with Gasteiger partial charge in [-0.25, -0.2) is 4.98 Å². The molecule has 0 N–H and O–H groups in total. The van der Waals surface area contributed by atoms with E-state index in [4.69, 9.17) is 23.2 Å². The monoisotopic (exact) mass is 232 g/mol. The van der Waals surface area contributed by atoms with Crippen LogP contribution in [0.3, 0.4) is 0 Å². The van der Waals surface area contributed by atoms with E-state index < -0.39 is 15.2 Å². The second-order valence-electron chi connectivity index (χ2n) is 1.97. The summed E-state index contributed by atoms with van der Waals surface area (Å²) in [4.78, 5) is 3.21. The molecular weight excluding hydrogens is 230 g/mol. The maximum absolute atomic E-state index is 12.3. The third-order valence-electron chi connectivity index (χ3n) is 1.17. The van der Waals surface area contributed by atoms with Crippen LogP contribution in [0.25, 0.3) is 0 Å². The Bertz CT molecular complexity index is 413. The number of hydrogen-bond acceptors (Lipinski definition) is 3. The second kappa shape index (κ2) is 2.86. The highest BCUT2D eigenvalue weighted by Crippen LogP contribution is 2.24. The summed E-state index contributed by atoms with van der Waals surface area (Å²) in [6.45, 7) is 0. The van der Waals surface area contributed by atoms with E-state index in [-0.39, 0.29) is 10.4 Å². The highest BCUT2D eigenvalue weighted by atomic mass is 35.5. The molecule has 1 aromatic heterocycles. The molecule has 1 aromatic rings. The minimum Gasteiger partial charge on any atom is -0.308 e. The third-order valence-corrected chi connectivity index (χ3v) is 2.80. The van der Waals surface area contributed by atoms with E-state index in [2.05, 4.69) is 4.98 Å². The molecule has 0 spiro atoms. The van der Waals surface area contributed by atoms with Crippen LogP contribution in [0.2, 0.25) is 10.4 Å². The van der Waals surface area contributed by atoms with Crippen LogP contribution in [0.15, 0.2) is 5.03 Å². The molecule has 0 amide bonds. The molecule has 0 saturated heterocycles. The largest absolute Gasteiger partial charge is 0.352 e. The lowest BCUT2D eigenvalue weighted by molar-refractivity contribution is 0.548. The molecule has 0 atom stereocenters. The molecule has 68 valence electrons. The Morgan fingerprint density at radius 2 is 2.00 bits per heavy atom. The first-order valence-electron chi connectivity index (χ1n) is 2.66. The molecule has 12 heavy (non-hydrogen) atoms. The Morgan fingerprint density at radius 1 is 1.50 bits per heavy atom. The van der Waals surface area contributed by atoms with Gasteiger partial charge in [-0.3, -0.25) is 0 Å². The van der Waals surface area contributed by atoms with Gasteiger partial charge in [0.05, 0.1) is 0 Å². The van der Waals surface area contributed by atoms with Crippen LogP contribution in [-0.2, 0) is 17.3 Å². The van der Waals surface area contributed by atoms with E-state index in [9.17, 15) is 12.3 Å². The SMILES string of the molecule is Cn1c(Cl)nc(S(=O)(=O)F)c1Cl. The van der Waals surface area contributed by atoms with E-state index in [1.165, 1.54) is 7.05 Å². The van der Waals surface area contributed by atoms with E-state index in [0.717, 1.165) is 4.57 Å². The molecule has 0 radical (unpaired) electrons. The average molecular weight is 233 g/mol. The van der Waals surface area contributed by atoms with Gasteiger partial charge in [0.2, 0.25) is 10.3 Å². The number of nitrogens with zero attached hydrogens (tertiary/aromatic N) is 2. The van der Waals surface area contributed by atoms with Gasteiger partial charge in [-0.05, 0) is 11.6 Å². The molecule has 0 bridgehead atoms. The van der Waals surface area contributed by atoms with Crippen LogP contribution in [-0.4, -0.2) is 18.0 Å². The summed E-state index contributed by atoms with van der Waals surface area (Å²) >= 11 is 10.8. The topological polar surface area (TPSA) is 52.0 Å². The summed E-state index contributed by atoms with van der Waals surface area (Å²) in [6.07, 6.45) is 0. The highest BCUT2D eigenvalue weighted by Gasteiger charge is 2.23. The van der Waals surface area contributed by atoms with Crippen molar-refractivity contribution in [2.24, 2.45) is 7.05 Å². The van der Waals surface area contributed by atoms with Gasteiger partial charge in [0.25, 0.3) is 0 Å². The zero-order valence-corrected chi connectivity index (χ0v) is 8.08. The summed E-state index contributed by atoms with van der Waals surface area (Å²) in [7, 11) is -3.52. The fourth-order valence-corrected chi connectivity index (χ4v) is 1.78. The molecule has 8 heteroatoms. The first-order valence-corrected chi connectivity index (χ1v) is 4.80. The zero-order chi connectivity index (χ0) is 9.52. The minimum absolute atomic E-state index is 0.184. The summed E-state index contributed by atoms with van der Waals surface area (Å²) in [5, 5.41) is -1.38. The molecule has 0 aliphatic heterocycles. The van der Waals surface area contributed by atoms with Crippen LogP contribution in [0.1, 0.15) is 0 Å². The molecule has 0 unspecified atom stereocenters. The fourth-order valence-electron chi connectivity index (χ4n) is 0.585. The van der Waals surface area contributed by atoms with E-state index >= 15 is 0 Å². The number of rotatable bonds is 1. The first-order chi connectivity index (χ1) is 5.34. The van der Waals surface area contributed by atoms with Gasteiger partial charge >= 0.3 is 10.2 Å². The van der Waals surface area contributed by atoms with Crippen LogP contribution in [0.4, 0.5) is 3.89 Å². The van der Waals surface area contributed by atoms with Crippen molar-refractivity contribution in [1.29, 1.82) is 0 Å². The highest BCUT2D eigenvalue weighted by molar-refractivity contribution is 7.86. The van der Waals surface area contributed by atoms with Crippen molar-refractivity contribution in [3.05, 3.63) is 10.4 Å². The maximum Gasteiger partial charge on any atom is 0.352 e. The molecule has 0 aliphatic rings. The van der Waals surface area contributed by atoms with Crippen molar-refractivity contribution in [1.82, 2.24) is 9.55 Å². The van der Waals surface area contributed by atoms with Gasteiger partial charge in [0.1, 0.15) is 0 Å². The van der Waals surface area contributed by atoms with Gasteiger partial charge in [0, 0.05) is 7.05 Å². The van der Waals surface area contributed by atoms with Crippen LogP contribution >= 0.6 is 23.2 Å². The molecule has 0 aliphatic carbocycles. The molecule has 1 heterocycles. The second-order valence-corrected chi connectivity index (χ2v) is 3.93. The number of aromatic nitrogens is 2. The van der Waals surface area contributed by atoms with Crippen LogP contribution in [0.5, 0.6) is 0 Å². The Kier molecular flexibility index (Phi) is 2.33. The third kappa shape index (κ3) is 1.55. The quantitative estimate of drug-likeness (QED) is 0.688. The molecule has 0 fully saturated rings. The van der Waals surface area contributed by atoms with Crippen molar-refractivity contribution in [2.75, 3.05) is 0 Å². The van der Waals surface area contributed by atoms with Crippen molar-refractivity contribution >= 4 is 33.4 Å². The number of halogens is 3. The van der Waals surface area contributed by atoms with E-state index in [1.54, 1.807) is 0 Å². The van der Waals surface area contributed by atoms with Crippen molar-refractivity contribution in [2.45, 2.75) is 5.03 Å². The van der Waals surface area contributed by atoms with Crippen molar-refractivity contribution in [3.8, 4) is 0 Å². The number of imidazole rings is 1. The standard InChI is InChI=1S/C4H3Cl2FN2O2S/c1-9-2(5)3(8-4(9)6)12(7,10)11/h1H3. The van der Waals surface area contributed by atoms with Gasteiger partial charge in [0.15, 0.2) is 5.15 Å². The molecule has 0 aromatic carbocycles. The first kappa shape index (κ1) is 9.76. The Hall–Kier alpha value is -0.330. The van der Waals surface area contributed by atoms with Crippen molar-refractivity contribution < 1.29 is 12.3 Å². The minimum atomic E-state index is -4.88. The Balaban J connectivity index is 3.48. The average Bonchev–Trinajstić information content (AvgIpc) is 2.15.